The van der Waals surface area contributed by atoms with Gasteiger partial charge in [-0.3, -0.25) is 4.79 Å². The van der Waals surface area contributed by atoms with Gasteiger partial charge in [0, 0.05) is 5.69 Å². The summed E-state index contributed by atoms with van der Waals surface area (Å²) in [7, 11) is 0. The summed E-state index contributed by atoms with van der Waals surface area (Å²) in [6, 6.07) is 14.9. The number of nitrogens with zero attached hydrogens (tertiary/aromatic N) is 4. The number of benzene rings is 2. The minimum absolute atomic E-state index is 0.0613. The van der Waals surface area contributed by atoms with Gasteiger partial charge in [-0.1, -0.05) is 35.5 Å². The van der Waals surface area contributed by atoms with E-state index in [4.69, 9.17) is 4.74 Å². The topological polar surface area (TPSA) is 81.9 Å². The van der Waals surface area contributed by atoms with Crippen LogP contribution in [0.15, 0.2) is 53.7 Å². The molecule has 1 heterocycles. The van der Waals surface area contributed by atoms with Gasteiger partial charge in [-0.15, -0.1) is 5.10 Å². The first-order valence-electron chi connectivity index (χ1n) is 7.58. The largest absolute Gasteiger partial charge is 0.484 e. The van der Waals surface area contributed by atoms with E-state index in [2.05, 4.69) is 20.8 Å². The average Bonchev–Trinajstić information content (AvgIpc) is 3.10. The van der Waals surface area contributed by atoms with Gasteiger partial charge in [0.1, 0.15) is 5.75 Å². The summed E-state index contributed by atoms with van der Waals surface area (Å²) < 4.78 is 7.10. The summed E-state index contributed by atoms with van der Waals surface area (Å²) in [4.78, 5) is 12.1. The van der Waals surface area contributed by atoms with E-state index < -0.39 is 0 Å². The summed E-state index contributed by atoms with van der Waals surface area (Å²) in [5.74, 6) is 0.423. The Balaban J connectivity index is 1.63. The monoisotopic (exact) mass is 355 g/mol. The first-order chi connectivity index (χ1) is 12.2. The highest BCUT2D eigenvalue weighted by molar-refractivity contribution is 7.98. The average molecular weight is 355 g/mol. The SMILES string of the molecule is CSc1nnnn1-c1cccc(NC(=O)COc2ccc(C)cc2)c1. The number of carbonyl (C=O) groups is 1. The third-order valence-electron chi connectivity index (χ3n) is 3.39. The van der Waals surface area contributed by atoms with E-state index >= 15 is 0 Å². The highest BCUT2D eigenvalue weighted by Gasteiger charge is 2.09. The molecule has 0 unspecified atom stereocenters. The molecule has 8 heteroatoms. The molecule has 0 saturated carbocycles. The van der Waals surface area contributed by atoms with Crippen LogP contribution >= 0.6 is 11.8 Å². The van der Waals surface area contributed by atoms with Crippen molar-refractivity contribution in [1.29, 1.82) is 0 Å². The zero-order chi connectivity index (χ0) is 17.6. The van der Waals surface area contributed by atoms with Gasteiger partial charge in [-0.05, 0) is 53.9 Å². The van der Waals surface area contributed by atoms with Crippen LogP contribution in [0.2, 0.25) is 0 Å². The molecule has 1 aromatic heterocycles. The fourth-order valence-corrected chi connectivity index (χ4v) is 2.60. The molecule has 0 aliphatic heterocycles. The Morgan fingerprint density at radius 2 is 2.04 bits per heavy atom. The van der Waals surface area contributed by atoms with E-state index in [0.717, 1.165) is 11.3 Å². The first kappa shape index (κ1) is 17.0. The van der Waals surface area contributed by atoms with Crippen molar-refractivity contribution in [2.75, 3.05) is 18.2 Å². The second-order valence-electron chi connectivity index (χ2n) is 5.28. The van der Waals surface area contributed by atoms with Crippen molar-refractivity contribution in [3.63, 3.8) is 0 Å². The van der Waals surface area contributed by atoms with Gasteiger partial charge in [-0.2, -0.15) is 4.68 Å². The Kier molecular flexibility index (Phi) is 5.30. The molecule has 1 amide bonds. The van der Waals surface area contributed by atoms with E-state index in [0.29, 0.717) is 16.6 Å². The number of anilines is 1. The first-order valence-corrected chi connectivity index (χ1v) is 8.80. The molecular weight excluding hydrogens is 338 g/mol. The highest BCUT2D eigenvalue weighted by Crippen LogP contribution is 2.18. The lowest BCUT2D eigenvalue weighted by atomic mass is 10.2. The van der Waals surface area contributed by atoms with Crippen LogP contribution in [-0.2, 0) is 4.79 Å². The zero-order valence-electron chi connectivity index (χ0n) is 13.8. The molecule has 0 aliphatic carbocycles. The number of carbonyl (C=O) groups excluding carboxylic acids is 1. The van der Waals surface area contributed by atoms with Gasteiger partial charge in [0.25, 0.3) is 5.91 Å². The van der Waals surface area contributed by atoms with Crippen molar-refractivity contribution in [3.05, 3.63) is 54.1 Å². The summed E-state index contributed by atoms with van der Waals surface area (Å²) >= 11 is 1.44. The number of amides is 1. The van der Waals surface area contributed by atoms with Gasteiger partial charge < -0.3 is 10.1 Å². The Morgan fingerprint density at radius 3 is 2.80 bits per heavy atom. The van der Waals surface area contributed by atoms with Crippen molar-refractivity contribution in [3.8, 4) is 11.4 Å². The minimum atomic E-state index is -0.237. The fraction of sp³-hybridized carbons (Fsp3) is 0.176. The molecule has 0 atom stereocenters. The maximum absolute atomic E-state index is 12.1. The summed E-state index contributed by atoms with van der Waals surface area (Å²) in [5, 5.41) is 15.0. The van der Waals surface area contributed by atoms with Crippen molar-refractivity contribution < 1.29 is 9.53 Å². The lowest BCUT2D eigenvalue weighted by Crippen LogP contribution is -2.20. The molecule has 0 saturated heterocycles. The molecule has 0 radical (unpaired) electrons. The number of thioether (sulfide) groups is 1. The second-order valence-corrected chi connectivity index (χ2v) is 6.05. The molecule has 128 valence electrons. The van der Waals surface area contributed by atoms with Crippen LogP contribution in [0, 0.1) is 6.92 Å². The predicted molar refractivity (Wildman–Crippen MR) is 96.2 cm³/mol. The van der Waals surface area contributed by atoms with E-state index in [9.17, 15) is 4.79 Å². The Labute approximate surface area is 149 Å². The molecular formula is C17H17N5O2S. The molecule has 0 spiro atoms. The van der Waals surface area contributed by atoms with E-state index in [1.807, 2.05) is 49.6 Å². The zero-order valence-corrected chi connectivity index (χ0v) is 14.7. The number of rotatable bonds is 6. The standard InChI is InChI=1S/C17H17N5O2S/c1-12-6-8-15(9-7-12)24-11-16(23)18-13-4-3-5-14(10-13)22-17(25-2)19-20-21-22/h3-10H,11H2,1-2H3,(H,18,23). The molecule has 1 N–H and O–H groups in total. The van der Waals surface area contributed by atoms with Crippen molar-refractivity contribution in [1.82, 2.24) is 20.2 Å². The third kappa shape index (κ3) is 4.36. The quantitative estimate of drug-likeness (QED) is 0.685. The van der Waals surface area contributed by atoms with Gasteiger partial charge >= 0.3 is 0 Å². The molecule has 25 heavy (non-hydrogen) atoms. The maximum Gasteiger partial charge on any atom is 0.262 e. The maximum atomic E-state index is 12.1. The highest BCUT2D eigenvalue weighted by atomic mass is 32.2. The van der Waals surface area contributed by atoms with Gasteiger partial charge in [0.05, 0.1) is 5.69 Å². The van der Waals surface area contributed by atoms with Gasteiger partial charge in [0.2, 0.25) is 5.16 Å². The lowest BCUT2D eigenvalue weighted by molar-refractivity contribution is -0.118. The molecule has 2 aromatic carbocycles. The molecule has 0 bridgehead atoms. The number of aromatic nitrogens is 4. The number of tetrazole rings is 1. The van der Waals surface area contributed by atoms with Crippen LogP contribution in [0.3, 0.4) is 0 Å². The van der Waals surface area contributed by atoms with Gasteiger partial charge in [0.15, 0.2) is 6.61 Å². The van der Waals surface area contributed by atoms with Crippen LogP contribution in [-0.4, -0.2) is 39.0 Å². The van der Waals surface area contributed by atoms with Crippen LogP contribution in [0.5, 0.6) is 5.75 Å². The summed E-state index contributed by atoms with van der Waals surface area (Å²) in [5.41, 5.74) is 2.56. The van der Waals surface area contributed by atoms with Crippen LogP contribution in [0.4, 0.5) is 5.69 Å². The van der Waals surface area contributed by atoms with Crippen molar-refractivity contribution in [2.45, 2.75) is 12.1 Å². The van der Waals surface area contributed by atoms with Crippen molar-refractivity contribution >= 4 is 23.4 Å². The number of ether oxygens (including phenoxy) is 1. The number of hydrogen-bond donors (Lipinski definition) is 1. The summed E-state index contributed by atoms with van der Waals surface area (Å²) in [6.07, 6.45) is 1.90. The molecule has 0 fully saturated rings. The van der Waals surface area contributed by atoms with E-state index in [1.54, 1.807) is 16.8 Å². The van der Waals surface area contributed by atoms with Crippen LogP contribution in [0.1, 0.15) is 5.56 Å². The molecule has 0 aliphatic rings. The third-order valence-corrected chi connectivity index (χ3v) is 4.01. The number of hydrogen-bond acceptors (Lipinski definition) is 6. The van der Waals surface area contributed by atoms with E-state index in [-0.39, 0.29) is 12.5 Å². The van der Waals surface area contributed by atoms with E-state index in [1.165, 1.54) is 11.8 Å². The Hall–Kier alpha value is -2.87. The summed E-state index contributed by atoms with van der Waals surface area (Å²) in [6.45, 7) is 1.94. The lowest BCUT2D eigenvalue weighted by Gasteiger charge is -2.09. The molecule has 7 nitrogen and oxygen atoms in total. The Morgan fingerprint density at radius 1 is 1.24 bits per heavy atom. The Bertz CT molecular complexity index is 863. The van der Waals surface area contributed by atoms with Gasteiger partial charge in [-0.25, -0.2) is 0 Å². The molecule has 3 rings (SSSR count). The van der Waals surface area contributed by atoms with Crippen LogP contribution in [0.25, 0.3) is 5.69 Å². The predicted octanol–water partition coefficient (Wildman–Crippen LogP) is 2.71. The van der Waals surface area contributed by atoms with Crippen LogP contribution < -0.4 is 10.1 Å². The minimum Gasteiger partial charge on any atom is -0.484 e. The number of nitrogens with one attached hydrogen (secondary N) is 1. The van der Waals surface area contributed by atoms with Crippen molar-refractivity contribution in [2.24, 2.45) is 0 Å². The smallest absolute Gasteiger partial charge is 0.262 e. The molecule has 3 aromatic rings. The second kappa shape index (κ2) is 7.80. The fourth-order valence-electron chi connectivity index (χ4n) is 2.16. The number of aryl methyl sites for hydroxylation is 1. The normalized spacial score (nSPS) is 10.5.